The first-order chi connectivity index (χ1) is 9.56. The average molecular weight is 349 g/mol. The van der Waals surface area contributed by atoms with Crippen molar-refractivity contribution in [1.29, 1.82) is 0 Å². The Labute approximate surface area is 129 Å². The van der Waals surface area contributed by atoms with E-state index in [9.17, 15) is 4.79 Å². The summed E-state index contributed by atoms with van der Waals surface area (Å²) in [6, 6.07) is 11.2. The molecular formula is C16H11BrClNO. The van der Waals surface area contributed by atoms with Crippen molar-refractivity contribution in [1.82, 2.24) is 4.98 Å². The van der Waals surface area contributed by atoms with Gasteiger partial charge in [-0.05, 0) is 36.8 Å². The molecule has 0 spiro atoms. The van der Waals surface area contributed by atoms with Gasteiger partial charge in [-0.15, -0.1) is 0 Å². The number of benzene rings is 2. The molecule has 0 radical (unpaired) electrons. The number of aromatic amines is 1. The van der Waals surface area contributed by atoms with Gasteiger partial charge in [0.1, 0.15) is 0 Å². The highest BCUT2D eigenvalue weighted by molar-refractivity contribution is 9.10. The zero-order valence-corrected chi connectivity index (χ0v) is 13.0. The Morgan fingerprint density at radius 2 is 2.05 bits per heavy atom. The number of carbonyl (C=O) groups is 1. The van der Waals surface area contributed by atoms with Crippen LogP contribution in [0.15, 0.2) is 47.1 Å². The zero-order chi connectivity index (χ0) is 14.3. The van der Waals surface area contributed by atoms with Gasteiger partial charge in [0.05, 0.1) is 10.5 Å². The molecule has 0 saturated carbocycles. The van der Waals surface area contributed by atoms with Crippen LogP contribution in [0.3, 0.4) is 0 Å². The summed E-state index contributed by atoms with van der Waals surface area (Å²) < 4.78 is 0.902. The fourth-order valence-corrected chi connectivity index (χ4v) is 3.16. The Morgan fingerprint density at radius 1 is 1.25 bits per heavy atom. The molecule has 0 unspecified atom stereocenters. The van der Waals surface area contributed by atoms with Gasteiger partial charge in [0.25, 0.3) is 0 Å². The molecule has 20 heavy (non-hydrogen) atoms. The Balaban J connectivity index is 2.15. The van der Waals surface area contributed by atoms with Crippen LogP contribution in [-0.2, 0) is 0 Å². The molecule has 1 N–H and O–H groups in total. The second-order valence-corrected chi connectivity index (χ2v) is 6.03. The van der Waals surface area contributed by atoms with Crippen LogP contribution in [0.4, 0.5) is 0 Å². The van der Waals surface area contributed by atoms with E-state index >= 15 is 0 Å². The molecule has 1 aromatic heterocycles. The fraction of sp³-hybridized carbons (Fsp3) is 0.0625. The van der Waals surface area contributed by atoms with E-state index in [2.05, 4.69) is 20.9 Å². The van der Waals surface area contributed by atoms with Crippen LogP contribution in [0, 0.1) is 6.92 Å². The van der Waals surface area contributed by atoms with E-state index in [1.165, 1.54) is 0 Å². The van der Waals surface area contributed by atoms with Gasteiger partial charge in [-0.3, -0.25) is 4.79 Å². The molecule has 100 valence electrons. The molecule has 0 bridgehead atoms. The molecule has 3 aromatic rings. The smallest absolute Gasteiger partial charge is 0.195 e. The van der Waals surface area contributed by atoms with Gasteiger partial charge in [0.15, 0.2) is 5.78 Å². The molecule has 2 aromatic carbocycles. The van der Waals surface area contributed by atoms with Crippen molar-refractivity contribution >= 4 is 44.2 Å². The molecule has 1 heterocycles. The van der Waals surface area contributed by atoms with Gasteiger partial charge in [-0.1, -0.05) is 39.7 Å². The van der Waals surface area contributed by atoms with Crippen molar-refractivity contribution in [3.8, 4) is 0 Å². The molecule has 0 saturated heterocycles. The normalized spacial score (nSPS) is 10.9. The third kappa shape index (κ3) is 2.28. The van der Waals surface area contributed by atoms with E-state index in [0.29, 0.717) is 16.1 Å². The number of halogens is 2. The van der Waals surface area contributed by atoms with Crippen LogP contribution in [0.25, 0.3) is 10.9 Å². The maximum absolute atomic E-state index is 12.7. The molecule has 0 aliphatic heterocycles. The highest BCUT2D eigenvalue weighted by Crippen LogP contribution is 2.27. The number of hydrogen-bond donors (Lipinski definition) is 1. The third-order valence-corrected chi connectivity index (χ3v) is 3.99. The zero-order valence-electron chi connectivity index (χ0n) is 10.7. The summed E-state index contributed by atoms with van der Waals surface area (Å²) >= 11 is 9.55. The highest BCUT2D eigenvalue weighted by atomic mass is 79.9. The Kier molecular flexibility index (Phi) is 3.40. The molecule has 0 amide bonds. The van der Waals surface area contributed by atoms with Crippen molar-refractivity contribution in [3.63, 3.8) is 0 Å². The number of H-pyrrole nitrogens is 1. The van der Waals surface area contributed by atoms with Crippen molar-refractivity contribution in [3.05, 3.63) is 68.8 Å². The summed E-state index contributed by atoms with van der Waals surface area (Å²) in [7, 11) is 0. The Bertz CT molecular complexity index is 802. The molecule has 4 heteroatoms. The second kappa shape index (κ2) is 5.08. The van der Waals surface area contributed by atoms with Crippen LogP contribution < -0.4 is 0 Å². The predicted octanol–water partition coefficient (Wildman–Crippen LogP) is 5.12. The maximum atomic E-state index is 12.7. The number of ketones is 1. The van der Waals surface area contributed by atoms with Crippen LogP contribution in [0.2, 0.25) is 5.02 Å². The van der Waals surface area contributed by atoms with E-state index in [1.807, 2.05) is 37.3 Å². The molecule has 0 atom stereocenters. The van der Waals surface area contributed by atoms with Gasteiger partial charge in [-0.2, -0.15) is 0 Å². The van der Waals surface area contributed by atoms with Crippen molar-refractivity contribution in [2.24, 2.45) is 0 Å². The number of fused-ring (bicyclic) bond motifs is 1. The van der Waals surface area contributed by atoms with Crippen LogP contribution >= 0.6 is 27.5 Å². The lowest BCUT2D eigenvalue weighted by Gasteiger charge is -2.03. The fourth-order valence-electron chi connectivity index (χ4n) is 2.33. The number of hydrogen-bond acceptors (Lipinski definition) is 1. The number of rotatable bonds is 2. The first-order valence-electron chi connectivity index (χ1n) is 6.14. The molecular weight excluding hydrogens is 338 g/mol. The standard InChI is InChI=1S/C16H11BrClNO/c1-9-5-10(7-11(17)6-9)16(20)13-8-19-15-12(13)3-2-4-14(15)18/h2-8,19H,1H3. The van der Waals surface area contributed by atoms with Gasteiger partial charge in [0, 0.05) is 27.2 Å². The molecule has 0 aliphatic carbocycles. The molecule has 0 aliphatic rings. The maximum Gasteiger partial charge on any atom is 0.195 e. The minimum Gasteiger partial charge on any atom is -0.359 e. The topological polar surface area (TPSA) is 32.9 Å². The SMILES string of the molecule is Cc1cc(Br)cc(C(=O)c2c[nH]c3c(Cl)cccc23)c1. The van der Waals surface area contributed by atoms with Gasteiger partial charge in [0.2, 0.25) is 0 Å². The van der Waals surface area contributed by atoms with E-state index in [0.717, 1.165) is 20.9 Å². The molecule has 3 rings (SSSR count). The van der Waals surface area contributed by atoms with Crippen molar-refractivity contribution in [2.75, 3.05) is 0 Å². The van der Waals surface area contributed by atoms with Crippen molar-refractivity contribution < 1.29 is 4.79 Å². The lowest BCUT2D eigenvalue weighted by atomic mass is 10.0. The van der Waals surface area contributed by atoms with Crippen molar-refractivity contribution in [2.45, 2.75) is 6.92 Å². The van der Waals surface area contributed by atoms with Gasteiger partial charge >= 0.3 is 0 Å². The van der Waals surface area contributed by atoms with E-state index in [-0.39, 0.29) is 5.78 Å². The van der Waals surface area contributed by atoms with Gasteiger partial charge in [-0.25, -0.2) is 0 Å². The van der Waals surface area contributed by atoms with Gasteiger partial charge < -0.3 is 4.98 Å². The van der Waals surface area contributed by atoms with Crippen LogP contribution in [-0.4, -0.2) is 10.8 Å². The summed E-state index contributed by atoms with van der Waals surface area (Å²) in [5.41, 5.74) is 3.14. The minimum absolute atomic E-state index is 0.0112. The quantitative estimate of drug-likeness (QED) is 0.640. The van der Waals surface area contributed by atoms with E-state index in [4.69, 9.17) is 11.6 Å². The van der Waals surface area contributed by atoms with Crippen LogP contribution in [0.5, 0.6) is 0 Å². The number of aromatic nitrogens is 1. The number of nitrogens with one attached hydrogen (secondary N) is 1. The first-order valence-corrected chi connectivity index (χ1v) is 7.31. The molecule has 0 fully saturated rings. The summed E-state index contributed by atoms with van der Waals surface area (Å²) in [5.74, 6) is -0.0112. The Morgan fingerprint density at radius 3 is 2.80 bits per heavy atom. The summed E-state index contributed by atoms with van der Waals surface area (Å²) in [6.07, 6.45) is 1.72. The summed E-state index contributed by atoms with van der Waals surface area (Å²) in [6.45, 7) is 1.97. The van der Waals surface area contributed by atoms with E-state index in [1.54, 1.807) is 12.3 Å². The van der Waals surface area contributed by atoms with E-state index < -0.39 is 0 Å². The lowest BCUT2D eigenvalue weighted by Crippen LogP contribution is -2.00. The number of carbonyl (C=O) groups excluding carboxylic acids is 1. The first kappa shape index (κ1) is 13.4. The molecule has 2 nitrogen and oxygen atoms in total. The minimum atomic E-state index is -0.0112. The Hall–Kier alpha value is -1.58. The average Bonchev–Trinajstić information content (AvgIpc) is 2.82. The third-order valence-electron chi connectivity index (χ3n) is 3.21. The van der Waals surface area contributed by atoms with Crippen LogP contribution in [0.1, 0.15) is 21.5 Å². The summed E-state index contributed by atoms with van der Waals surface area (Å²) in [5, 5.41) is 1.46. The highest BCUT2D eigenvalue weighted by Gasteiger charge is 2.15. The largest absolute Gasteiger partial charge is 0.359 e. The number of para-hydroxylation sites is 1. The number of aryl methyl sites for hydroxylation is 1. The second-order valence-electron chi connectivity index (χ2n) is 4.71. The summed E-state index contributed by atoms with van der Waals surface area (Å²) in [4.78, 5) is 15.7. The lowest BCUT2D eigenvalue weighted by molar-refractivity contribution is 0.104. The predicted molar refractivity (Wildman–Crippen MR) is 85.6 cm³/mol. The monoisotopic (exact) mass is 347 g/mol.